The molecule has 0 fully saturated rings. The summed E-state index contributed by atoms with van der Waals surface area (Å²) in [6.07, 6.45) is 1.59. The second kappa shape index (κ2) is 8.35. The van der Waals surface area contributed by atoms with Gasteiger partial charge in [-0.3, -0.25) is 9.59 Å². The highest BCUT2D eigenvalue weighted by Crippen LogP contribution is 2.35. The molecule has 140 valence electrons. The van der Waals surface area contributed by atoms with Crippen LogP contribution in [-0.4, -0.2) is 29.9 Å². The van der Waals surface area contributed by atoms with Gasteiger partial charge < -0.3 is 10.1 Å². The third-order valence-electron chi connectivity index (χ3n) is 5.41. The van der Waals surface area contributed by atoms with Crippen molar-refractivity contribution in [2.24, 2.45) is 5.41 Å². The van der Waals surface area contributed by atoms with Gasteiger partial charge in [-0.15, -0.1) is 0 Å². The summed E-state index contributed by atoms with van der Waals surface area (Å²) >= 11 is 3.45. The average Bonchev–Trinajstić information content (AvgIpc) is 2.58. The Morgan fingerprint density at radius 1 is 1.08 bits per heavy atom. The number of rotatable bonds is 8. The Kier molecular flexibility index (Phi) is 7.24. The lowest BCUT2D eigenvalue weighted by Crippen LogP contribution is -2.60. The molecule has 1 amide bonds. The third-order valence-corrected chi connectivity index (χ3v) is 5.97. The molecule has 0 aliphatic carbocycles. The van der Waals surface area contributed by atoms with E-state index in [0.717, 1.165) is 17.3 Å². The molecule has 1 N–H and O–H groups in total. The number of methoxy groups -OCH3 is 1. The van der Waals surface area contributed by atoms with Crippen LogP contribution in [-0.2, 0) is 19.7 Å². The molecule has 25 heavy (non-hydrogen) atoms. The Balaban J connectivity index is 3.16. The van der Waals surface area contributed by atoms with Crippen LogP contribution in [0.3, 0.4) is 0 Å². The summed E-state index contributed by atoms with van der Waals surface area (Å²) in [5.74, 6) is -0.429. The lowest BCUT2D eigenvalue weighted by atomic mass is 9.72. The summed E-state index contributed by atoms with van der Waals surface area (Å²) in [6.45, 7) is 9.26. The van der Waals surface area contributed by atoms with Crippen molar-refractivity contribution < 1.29 is 14.3 Å². The van der Waals surface area contributed by atoms with Crippen LogP contribution in [0, 0.1) is 5.41 Å². The minimum Gasteiger partial charge on any atom is -0.469 e. The predicted molar refractivity (Wildman–Crippen MR) is 105 cm³/mol. The molecule has 0 radical (unpaired) electrons. The van der Waals surface area contributed by atoms with Crippen LogP contribution in [0.4, 0.5) is 0 Å². The van der Waals surface area contributed by atoms with Crippen molar-refractivity contribution in [2.75, 3.05) is 12.4 Å². The minimum atomic E-state index is -0.857. The zero-order valence-electron chi connectivity index (χ0n) is 16.1. The van der Waals surface area contributed by atoms with E-state index in [1.807, 2.05) is 51.1 Å². The molecule has 0 aliphatic rings. The van der Waals surface area contributed by atoms with Crippen molar-refractivity contribution in [3.05, 3.63) is 35.9 Å². The van der Waals surface area contributed by atoms with Gasteiger partial charge in [0.15, 0.2) is 0 Å². The van der Waals surface area contributed by atoms with E-state index >= 15 is 0 Å². The maximum absolute atomic E-state index is 13.3. The molecule has 0 saturated carbocycles. The van der Waals surface area contributed by atoms with Gasteiger partial charge >= 0.3 is 5.97 Å². The second-order valence-electron chi connectivity index (χ2n) is 7.69. The molecule has 4 nitrogen and oxygen atoms in total. The number of amides is 1. The SMILES string of the molecule is COC(=O)C(C)(C)C(C)(C)NC(=O)C(C)(CCCBr)c1ccccc1. The lowest BCUT2D eigenvalue weighted by Gasteiger charge is -2.42. The van der Waals surface area contributed by atoms with E-state index in [1.54, 1.807) is 13.8 Å². The highest BCUT2D eigenvalue weighted by atomic mass is 79.9. The first-order chi connectivity index (χ1) is 11.5. The fourth-order valence-corrected chi connectivity index (χ4v) is 2.98. The topological polar surface area (TPSA) is 55.4 Å². The van der Waals surface area contributed by atoms with Gasteiger partial charge in [0, 0.05) is 10.9 Å². The highest BCUT2D eigenvalue weighted by molar-refractivity contribution is 9.09. The zero-order chi connectivity index (χ0) is 19.3. The van der Waals surface area contributed by atoms with Crippen molar-refractivity contribution in [2.45, 2.75) is 58.4 Å². The number of nitrogens with one attached hydrogen (secondary N) is 1. The summed E-state index contributed by atoms with van der Waals surface area (Å²) in [4.78, 5) is 25.4. The number of benzene rings is 1. The first kappa shape index (κ1) is 21.7. The van der Waals surface area contributed by atoms with E-state index in [2.05, 4.69) is 21.2 Å². The van der Waals surface area contributed by atoms with Gasteiger partial charge in [-0.05, 0) is 53.0 Å². The number of hydrogen-bond acceptors (Lipinski definition) is 3. The van der Waals surface area contributed by atoms with Crippen LogP contribution < -0.4 is 5.32 Å². The molecular formula is C20H30BrNO3. The summed E-state index contributed by atoms with van der Waals surface area (Å²) in [6, 6.07) is 9.78. The number of hydrogen-bond donors (Lipinski definition) is 1. The standard InChI is InChI=1S/C20H30BrNO3/c1-18(2,17(24)25-6)19(3,4)22-16(23)20(5,13-10-14-21)15-11-8-7-9-12-15/h7-9,11-12H,10,13-14H2,1-6H3,(H,22,23). The van der Waals surface area contributed by atoms with Gasteiger partial charge in [0.2, 0.25) is 5.91 Å². The van der Waals surface area contributed by atoms with Crippen LogP contribution in [0.15, 0.2) is 30.3 Å². The predicted octanol–water partition coefficient (Wildman–Crippen LogP) is 4.21. The van der Waals surface area contributed by atoms with Crippen molar-refractivity contribution >= 4 is 27.8 Å². The van der Waals surface area contributed by atoms with E-state index in [-0.39, 0.29) is 11.9 Å². The average molecular weight is 412 g/mol. The maximum atomic E-state index is 13.3. The summed E-state index contributed by atoms with van der Waals surface area (Å²) < 4.78 is 4.92. The number of carbonyl (C=O) groups excluding carboxylic acids is 2. The smallest absolute Gasteiger partial charge is 0.313 e. The molecule has 0 bridgehead atoms. The van der Waals surface area contributed by atoms with Gasteiger partial charge in [0.25, 0.3) is 0 Å². The van der Waals surface area contributed by atoms with Gasteiger partial charge in [0.1, 0.15) is 0 Å². The van der Waals surface area contributed by atoms with Gasteiger partial charge in [-0.2, -0.15) is 0 Å². The highest BCUT2D eigenvalue weighted by Gasteiger charge is 2.47. The molecule has 0 aromatic heterocycles. The molecule has 1 atom stereocenters. The van der Waals surface area contributed by atoms with E-state index in [1.165, 1.54) is 7.11 Å². The number of carbonyl (C=O) groups is 2. The molecule has 1 rings (SSSR count). The normalized spacial score (nSPS) is 14.5. The number of halogens is 1. The van der Waals surface area contributed by atoms with Crippen molar-refractivity contribution in [1.29, 1.82) is 0 Å². The Morgan fingerprint density at radius 3 is 2.12 bits per heavy atom. The van der Waals surface area contributed by atoms with Crippen molar-refractivity contribution in [3.63, 3.8) is 0 Å². The van der Waals surface area contributed by atoms with Gasteiger partial charge in [0.05, 0.1) is 17.9 Å². The van der Waals surface area contributed by atoms with E-state index in [0.29, 0.717) is 6.42 Å². The van der Waals surface area contributed by atoms with Crippen LogP contribution >= 0.6 is 15.9 Å². The minimum absolute atomic E-state index is 0.0818. The molecule has 1 unspecified atom stereocenters. The number of esters is 1. The fourth-order valence-electron chi connectivity index (χ4n) is 2.70. The Hall–Kier alpha value is -1.36. The molecular weight excluding hydrogens is 382 g/mol. The Labute approximate surface area is 159 Å². The van der Waals surface area contributed by atoms with E-state index < -0.39 is 16.4 Å². The molecule has 0 heterocycles. The Bertz CT molecular complexity index is 598. The summed E-state index contributed by atoms with van der Waals surface area (Å²) in [5.41, 5.74) is -1.31. The second-order valence-corrected chi connectivity index (χ2v) is 8.48. The fraction of sp³-hybridized carbons (Fsp3) is 0.600. The molecule has 0 spiro atoms. The maximum Gasteiger partial charge on any atom is 0.313 e. The van der Waals surface area contributed by atoms with Gasteiger partial charge in [-0.1, -0.05) is 46.3 Å². The Morgan fingerprint density at radius 2 is 1.64 bits per heavy atom. The summed E-state index contributed by atoms with van der Waals surface area (Å²) in [5, 5.41) is 3.94. The molecule has 1 aromatic rings. The molecule has 5 heteroatoms. The number of alkyl halides is 1. The van der Waals surface area contributed by atoms with Crippen LogP contribution in [0.5, 0.6) is 0 Å². The van der Waals surface area contributed by atoms with Crippen molar-refractivity contribution in [3.8, 4) is 0 Å². The molecule has 1 aromatic carbocycles. The quantitative estimate of drug-likeness (QED) is 0.514. The first-order valence-corrected chi connectivity index (χ1v) is 9.67. The largest absolute Gasteiger partial charge is 0.469 e. The van der Waals surface area contributed by atoms with Crippen LogP contribution in [0.1, 0.15) is 53.0 Å². The van der Waals surface area contributed by atoms with Crippen LogP contribution in [0.25, 0.3) is 0 Å². The first-order valence-electron chi connectivity index (χ1n) is 8.55. The van der Waals surface area contributed by atoms with E-state index in [9.17, 15) is 9.59 Å². The van der Waals surface area contributed by atoms with Crippen LogP contribution in [0.2, 0.25) is 0 Å². The number of ether oxygens (including phenoxy) is 1. The summed E-state index contributed by atoms with van der Waals surface area (Å²) in [7, 11) is 1.37. The lowest BCUT2D eigenvalue weighted by molar-refractivity contribution is -0.156. The van der Waals surface area contributed by atoms with Crippen molar-refractivity contribution in [1.82, 2.24) is 5.32 Å². The third kappa shape index (κ3) is 4.63. The van der Waals surface area contributed by atoms with Gasteiger partial charge in [-0.25, -0.2) is 0 Å². The molecule has 0 saturated heterocycles. The monoisotopic (exact) mass is 411 g/mol. The molecule has 0 aliphatic heterocycles. The zero-order valence-corrected chi connectivity index (χ0v) is 17.7. The van der Waals surface area contributed by atoms with E-state index in [4.69, 9.17) is 4.74 Å².